The predicted molar refractivity (Wildman–Crippen MR) is 132 cm³/mol. The van der Waals surface area contributed by atoms with Crippen molar-refractivity contribution in [2.75, 3.05) is 19.5 Å². The number of pyridine rings is 2. The molecule has 1 aliphatic carbocycles. The number of nitrogens with zero attached hydrogens (tertiary/aromatic N) is 4. The maximum Gasteiger partial charge on any atom is 0.257 e. The Hall–Kier alpha value is -4.21. The first-order chi connectivity index (χ1) is 17.4. The fraction of sp³-hybridized carbons (Fsp3) is 0.308. The van der Waals surface area contributed by atoms with Crippen molar-refractivity contribution in [3.05, 3.63) is 65.2 Å². The van der Waals surface area contributed by atoms with Crippen LogP contribution < -0.4 is 20.5 Å². The monoisotopic (exact) mass is 490 g/mol. The first-order valence-corrected chi connectivity index (χ1v) is 11.8. The average molecular weight is 491 g/mol. The Balaban J connectivity index is 1.39. The van der Waals surface area contributed by atoms with Gasteiger partial charge in [0.25, 0.3) is 5.91 Å². The number of anilines is 1. The largest absolute Gasteiger partial charge is 0.493 e. The van der Waals surface area contributed by atoms with E-state index in [-0.39, 0.29) is 23.9 Å². The van der Waals surface area contributed by atoms with E-state index in [0.29, 0.717) is 35.2 Å². The molecule has 3 aromatic heterocycles. The van der Waals surface area contributed by atoms with Crippen molar-refractivity contribution in [2.24, 2.45) is 5.92 Å². The van der Waals surface area contributed by atoms with Crippen LogP contribution in [0.5, 0.6) is 11.6 Å². The molecule has 0 aliphatic heterocycles. The predicted octanol–water partition coefficient (Wildman–Crippen LogP) is 3.94. The van der Waals surface area contributed by atoms with Gasteiger partial charge >= 0.3 is 0 Å². The molecule has 10 heteroatoms. The Morgan fingerprint density at radius 3 is 2.83 bits per heavy atom. The summed E-state index contributed by atoms with van der Waals surface area (Å²) in [7, 11) is 1.45. The number of hydrogen-bond donors (Lipinski definition) is 2. The number of rotatable bonds is 8. The molecule has 1 fully saturated rings. The zero-order valence-corrected chi connectivity index (χ0v) is 20.1. The summed E-state index contributed by atoms with van der Waals surface area (Å²) in [5, 5.41) is 6.88. The second kappa shape index (κ2) is 9.80. The third kappa shape index (κ3) is 4.66. The summed E-state index contributed by atoms with van der Waals surface area (Å²) in [6.45, 7) is 2.33. The van der Waals surface area contributed by atoms with E-state index in [1.807, 2.05) is 19.1 Å². The average Bonchev–Trinajstić information content (AvgIpc) is 3.21. The lowest BCUT2D eigenvalue weighted by Crippen LogP contribution is -2.25. The number of aryl methyl sites for hydroxylation is 1. The molecule has 0 unspecified atom stereocenters. The molecule has 0 atom stereocenters. The molecule has 9 nitrogen and oxygen atoms in total. The highest BCUT2D eigenvalue weighted by Crippen LogP contribution is 2.30. The Bertz CT molecular complexity index is 1430. The van der Waals surface area contributed by atoms with Gasteiger partial charge in [-0.3, -0.25) is 4.79 Å². The van der Waals surface area contributed by atoms with Crippen LogP contribution in [0.1, 0.15) is 40.9 Å². The van der Waals surface area contributed by atoms with Crippen molar-refractivity contribution in [1.82, 2.24) is 24.9 Å². The Morgan fingerprint density at radius 1 is 1.25 bits per heavy atom. The van der Waals surface area contributed by atoms with Gasteiger partial charge in [-0.2, -0.15) is 4.98 Å². The van der Waals surface area contributed by atoms with Gasteiger partial charge in [0.1, 0.15) is 17.1 Å². The summed E-state index contributed by atoms with van der Waals surface area (Å²) in [5.41, 5.74) is 8.98. The van der Waals surface area contributed by atoms with Gasteiger partial charge in [-0.25, -0.2) is 13.9 Å². The number of methoxy groups -OCH3 is 1. The van der Waals surface area contributed by atoms with Crippen molar-refractivity contribution in [3.8, 4) is 22.8 Å². The molecule has 3 N–H and O–H groups in total. The first-order valence-electron chi connectivity index (χ1n) is 11.8. The Kier molecular flexibility index (Phi) is 6.41. The van der Waals surface area contributed by atoms with Crippen LogP contribution in [0.3, 0.4) is 0 Å². The zero-order valence-electron chi connectivity index (χ0n) is 20.1. The minimum Gasteiger partial charge on any atom is -0.493 e. The van der Waals surface area contributed by atoms with Crippen molar-refractivity contribution in [1.29, 1.82) is 0 Å². The minimum absolute atomic E-state index is 0.0388. The lowest BCUT2D eigenvalue weighted by Gasteiger charge is -2.25. The van der Waals surface area contributed by atoms with E-state index >= 15 is 0 Å². The third-order valence-corrected chi connectivity index (χ3v) is 6.48. The van der Waals surface area contributed by atoms with Crippen LogP contribution in [0.4, 0.5) is 10.3 Å². The molecular formula is C26H27FN6O3. The second-order valence-electron chi connectivity index (χ2n) is 8.87. The van der Waals surface area contributed by atoms with Gasteiger partial charge in [0.2, 0.25) is 11.8 Å². The summed E-state index contributed by atoms with van der Waals surface area (Å²) in [5.74, 6) is 0.416. The summed E-state index contributed by atoms with van der Waals surface area (Å²) in [6, 6.07) is 10.0. The smallest absolute Gasteiger partial charge is 0.257 e. The van der Waals surface area contributed by atoms with E-state index in [2.05, 4.69) is 20.4 Å². The number of halogens is 1. The van der Waals surface area contributed by atoms with E-state index in [9.17, 15) is 9.18 Å². The number of carbonyl (C=O) groups is 1. The lowest BCUT2D eigenvalue weighted by atomic mass is 9.86. The molecule has 36 heavy (non-hydrogen) atoms. The Morgan fingerprint density at radius 2 is 2.08 bits per heavy atom. The highest BCUT2D eigenvalue weighted by atomic mass is 19.1. The molecule has 1 amide bonds. The molecule has 0 radical (unpaired) electrons. The number of amides is 1. The SMILES string of the molecule is COc1nc(C)c(-c2ccn3nc(N)nc3c2)cc1C(=O)NCc1c(F)cccc1OCC1CCC1. The molecule has 1 aromatic carbocycles. The zero-order chi connectivity index (χ0) is 25.2. The molecule has 1 aliphatic rings. The summed E-state index contributed by atoms with van der Waals surface area (Å²) < 4.78 is 27.5. The van der Waals surface area contributed by atoms with E-state index in [0.717, 1.165) is 24.0 Å². The number of aromatic nitrogens is 4. The van der Waals surface area contributed by atoms with Crippen molar-refractivity contribution in [2.45, 2.75) is 32.7 Å². The fourth-order valence-electron chi connectivity index (χ4n) is 4.24. The van der Waals surface area contributed by atoms with Crippen LogP contribution >= 0.6 is 0 Å². The lowest BCUT2D eigenvalue weighted by molar-refractivity contribution is 0.0946. The number of nitrogens with two attached hydrogens (primary N) is 1. The molecule has 0 spiro atoms. The van der Waals surface area contributed by atoms with Crippen LogP contribution in [0, 0.1) is 18.7 Å². The maximum atomic E-state index is 14.6. The second-order valence-corrected chi connectivity index (χ2v) is 8.87. The third-order valence-electron chi connectivity index (χ3n) is 6.48. The highest BCUT2D eigenvalue weighted by molar-refractivity contribution is 5.97. The van der Waals surface area contributed by atoms with Crippen molar-refractivity contribution in [3.63, 3.8) is 0 Å². The molecule has 1 saturated carbocycles. The van der Waals surface area contributed by atoms with Crippen molar-refractivity contribution < 1.29 is 18.7 Å². The van der Waals surface area contributed by atoms with Crippen molar-refractivity contribution >= 4 is 17.5 Å². The number of hydrogen-bond acceptors (Lipinski definition) is 7. The van der Waals surface area contributed by atoms with E-state index < -0.39 is 11.7 Å². The number of nitrogens with one attached hydrogen (secondary N) is 1. The number of benzene rings is 1. The maximum absolute atomic E-state index is 14.6. The standard InChI is InChI=1S/C26H27FN6O3/c1-15-18(17-9-10-33-23(11-17)31-26(28)32-33)12-19(25(30-15)35-2)24(34)29-13-20-21(27)7-4-8-22(20)36-14-16-5-3-6-16/h4,7-12,16H,3,5-6,13-14H2,1-2H3,(H2,28,32)(H,29,34). The topological polar surface area (TPSA) is 117 Å². The number of carbonyl (C=O) groups excluding carboxylic acids is 1. The van der Waals surface area contributed by atoms with Gasteiger partial charge in [0, 0.05) is 29.6 Å². The van der Waals surface area contributed by atoms with Gasteiger partial charge in [-0.1, -0.05) is 12.5 Å². The number of ether oxygens (including phenoxy) is 2. The van der Waals surface area contributed by atoms with E-state index in [1.165, 1.54) is 19.6 Å². The van der Waals surface area contributed by atoms with Gasteiger partial charge < -0.3 is 20.5 Å². The summed E-state index contributed by atoms with van der Waals surface area (Å²) in [4.78, 5) is 21.9. The van der Waals surface area contributed by atoms with Crippen LogP contribution in [-0.4, -0.2) is 39.2 Å². The Labute approximate surface area is 207 Å². The molecular weight excluding hydrogens is 463 g/mol. The molecule has 5 rings (SSSR count). The summed E-state index contributed by atoms with van der Waals surface area (Å²) in [6.07, 6.45) is 5.19. The normalized spacial score (nSPS) is 13.4. The van der Waals surface area contributed by atoms with Gasteiger partial charge in [0.05, 0.1) is 13.7 Å². The molecule has 0 saturated heterocycles. The van der Waals surface area contributed by atoms with Gasteiger partial charge in [0.15, 0.2) is 5.65 Å². The first kappa shape index (κ1) is 23.5. The van der Waals surface area contributed by atoms with Gasteiger partial charge in [-0.15, -0.1) is 5.10 Å². The molecule has 3 heterocycles. The van der Waals surface area contributed by atoms with E-state index in [1.54, 1.807) is 28.9 Å². The van der Waals surface area contributed by atoms with Crippen LogP contribution in [0.2, 0.25) is 0 Å². The summed E-state index contributed by atoms with van der Waals surface area (Å²) >= 11 is 0. The van der Waals surface area contributed by atoms with E-state index in [4.69, 9.17) is 15.2 Å². The van der Waals surface area contributed by atoms with Crippen LogP contribution in [0.15, 0.2) is 42.6 Å². The highest BCUT2D eigenvalue weighted by Gasteiger charge is 2.21. The van der Waals surface area contributed by atoms with Crippen LogP contribution in [0.25, 0.3) is 16.8 Å². The minimum atomic E-state index is -0.443. The number of nitrogen functional groups attached to an aromatic ring is 1. The molecule has 0 bridgehead atoms. The molecule has 4 aromatic rings. The van der Waals surface area contributed by atoms with Crippen LogP contribution in [-0.2, 0) is 6.54 Å². The van der Waals surface area contributed by atoms with Gasteiger partial charge in [-0.05, 0) is 61.6 Å². The number of fused-ring (bicyclic) bond motifs is 1. The quantitative estimate of drug-likeness (QED) is 0.384. The fourth-order valence-corrected chi connectivity index (χ4v) is 4.24. The molecule has 186 valence electrons.